The summed E-state index contributed by atoms with van der Waals surface area (Å²) in [6, 6.07) is 0.371. The molecule has 10 nitrogen and oxygen atoms in total. The summed E-state index contributed by atoms with van der Waals surface area (Å²) in [5, 5.41) is 2.61. The van der Waals surface area contributed by atoms with E-state index in [1.165, 1.54) is 26.3 Å². The summed E-state index contributed by atoms with van der Waals surface area (Å²) in [5.74, 6) is -1.14. The van der Waals surface area contributed by atoms with Crippen molar-refractivity contribution in [1.29, 1.82) is 0 Å². The third-order valence-corrected chi connectivity index (χ3v) is 5.72. The van der Waals surface area contributed by atoms with E-state index < -0.39 is 30.0 Å². The van der Waals surface area contributed by atoms with E-state index in [2.05, 4.69) is 38.0 Å². The molecule has 0 aliphatic carbocycles. The molecular formula is C26H40N2O8. The second-order valence-electron chi connectivity index (χ2n) is 9.91. The van der Waals surface area contributed by atoms with Crippen molar-refractivity contribution in [2.45, 2.75) is 72.6 Å². The molecule has 2 rings (SSSR count). The van der Waals surface area contributed by atoms with Crippen LogP contribution in [0.4, 0.5) is 0 Å². The van der Waals surface area contributed by atoms with E-state index in [0.717, 1.165) is 12.8 Å². The molecule has 1 aromatic heterocycles. The number of nitrogens with one attached hydrogen (secondary N) is 1. The first-order valence-electron chi connectivity index (χ1n) is 12.5. The molecule has 0 aromatic carbocycles. The van der Waals surface area contributed by atoms with Crippen molar-refractivity contribution < 1.29 is 38.1 Å². The largest absolute Gasteiger partial charge is 0.493 e. The van der Waals surface area contributed by atoms with E-state index in [9.17, 15) is 14.4 Å². The fourth-order valence-corrected chi connectivity index (χ4v) is 3.91. The Morgan fingerprint density at radius 2 is 1.92 bits per heavy atom. The van der Waals surface area contributed by atoms with Gasteiger partial charge in [0, 0.05) is 31.7 Å². The first-order chi connectivity index (χ1) is 17.0. The normalized spacial score (nSPS) is 22.9. The molecule has 1 aromatic rings. The van der Waals surface area contributed by atoms with Crippen LogP contribution in [0, 0.1) is 17.8 Å². The standard InChI is InChI=1S/C26H40N2O8/c1-15(2)8-9-19-13-33-14-20(26(31)35-17(5)23(19)34-12-16(3)4)28-25(30)22-24(36-18(6)29)21(32-7)10-11-27-22/h10-11,15-17,19-20,23H,8-9,12-14H2,1-7H3,(H,28,30). The molecule has 1 aliphatic rings. The SMILES string of the molecule is COc1ccnc(C(=O)NC2COCC(CCC(C)C)C(OCC(C)C)C(C)OC2=O)c1OC(C)=O. The zero-order valence-corrected chi connectivity index (χ0v) is 22.4. The quantitative estimate of drug-likeness (QED) is 0.475. The number of pyridine rings is 1. The third-order valence-electron chi connectivity index (χ3n) is 5.72. The highest BCUT2D eigenvalue weighted by molar-refractivity contribution is 5.98. The average Bonchev–Trinajstić information content (AvgIpc) is 2.85. The van der Waals surface area contributed by atoms with Crippen LogP contribution in [0.1, 0.15) is 64.9 Å². The van der Waals surface area contributed by atoms with E-state index >= 15 is 0 Å². The smallest absolute Gasteiger partial charge is 0.331 e. The van der Waals surface area contributed by atoms with Crippen LogP contribution in [-0.4, -0.2) is 68.0 Å². The highest BCUT2D eigenvalue weighted by Crippen LogP contribution is 2.30. The molecule has 202 valence electrons. The summed E-state index contributed by atoms with van der Waals surface area (Å²) < 4.78 is 28.2. The van der Waals surface area contributed by atoms with Crippen molar-refractivity contribution in [3.8, 4) is 11.5 Å². The molecule has 4 unspecified atom stereocenters. The number of esters is 2. The van der Waals surface area contributed by atoms with Crippen LogP contribution in [0.25, 0.3) is 0 Å². The Kier molecular flexibility index (Phi) is 11.6. The van der Waals surface area contributed by atoms with Gasteiger partial charge in [0.2, 0.25) is 5.75 Å². The number of aromatic nitrogens is 1. The highest BCUT2D eigenvalue weighted by Gasteiger charge is 2.36. The van der Waals surface area contributed by atoms with Gasteiger partial charge in [-0.25, -0.2) is 9.78 Å². The Morgan fingerprint density at radius 3 is 2.53 bits per heavy atom. The molecule has 0 bridgehead atoms. The predicted molar refractivity (Wildman–Crippen MR) is 132 cm³/mol. The molecule has 36 heavy (non-hydrogen) atoms. The number of nitrogens with zero attached hydrogens (tertiary/aromatic N) is 1. The number of methoxy groups -OCH3 is 1. The van der Waals surface area contributed by atoms with Crippen molar-refractivity contribution in [1.82, 2.24) is 10.3 Å². The van der Waals surface area contributed by atoms with Gasteiger partial charge in [-0.3, -0.25) is 9.59 Å². The second kappa shape index (κ2) is 14.1. The maximum atomic E-state index is 13.1. The number of hydrogen-bond donors (Lipinski definition) is 1. The molecule has 0 saturated carbocycles. The number of carbonyl (C=O) groups excluding carboxylic acids is 3. The minimum Gasteiger partial charge on any atom is -0.493 e. The van der Waals surface area contributed by atoms with Gasteiger partial charge in [0.1, 0.15) is 6.10 Å². The van der Waals surface area contributed by atoms with Gasteiger partial charge in [-0.15, -0.1) is 0 Å². The predicted octanol–water partition coefficient (Wildman–Crippen LogP) is 3.17. The summed E-state index contributed by atoms with van der Waals surface area (Å²) in [5.41, 5.74) is -0.196. The molecule has 2 heterocycles. The number of cyclic esters (lactones) is 1. The molecule has 1 N–H and O–H groups in total. The Labute approximate surface area is 213 Å². The van der Waals surface area contributed by atoms with Gasteiger partial charge in [0.15, 0.2) is 17.5 Å². The Morgan fingerprint density at radius 1 is 1.19 bits per heavy atom. The fraction of sp³-hybridized carbons (Fsp3) is 0.692. The van der Waals surface area contributed by atoms with Crippen LogP contribution in [0.3, 0.4) is 0 Å². The minimum atomic E-state index is -1.09. The van der Waals surface area contributed by atoms with E-state index in [1.807, 2.05) is 0 Å². The molecular weight excluding hydrogens is 468 g/mol. The lowest BCUT2D eigenvalue weighted by atomic mass is 9.91. The molecule has 0 radical (unpaired) electrons. The number of rotatable bonds is 10. The van der Waals surface area contributed by atoms with Gasteiger partial charge in [-0.05, 0) is 25.2 Å². The number of carbonyl (C=O) groups is 3. The second-order valence-corrected chi connectivity index (χ2v) is 9.91. The Hall–Kier alpha value is -2.72. The van der Waals surface area contributed by atoms with Crippen LogP contribution in [0.5, 0.6) is 11.5 Å². The van der Waals surface area contributed by atoms with Crippen molar-refractivity contribution in [2.24, 2.45) is 17.8 Å². The van der Waals surface area contributed by atoms with Crippen molar-refractivity contribution in [2.75, 3.05) is 26.9 Å². The summed E-state index contributed by atoms with van der Waals surface area (Å²) in [7, 11) is 1.38. The van der Waals surface area contributed by atoms with Crippen LogP contribution >= 0.6 is 0 Å². The summed E-state index contributed by atoms with van der Waals surface area (Å²) in [6.45, 7) is 12.3. The minimum absolute atomic E-state index is 0.0269. The molecule has 4 atom stereocenters. The van der Waals surface area contributed by atoms with Crippen LogP contribution < -0.4 is 14.8 Å². The molecule has 1 aliphatic heterocycles. The van der Waals surface area contributed by atoms with E-state index in [-0.39, 0.29) is 35.8 Å². The lowest BCUT2D eigenvalue weighted by Gasteiger charge is -2.31. The topological polar surface area (TPSA) is 122 Å². The highest BCUT2D eigenvalue weighted by atomic mass is 16.6. The number of ether oxygens (including phenoxy) is 5. The first kappa shape index (κ1) is 29.5. The zero-order valence-electron chi connectivity index (χ0n) is 22.4. The van der Waals surface area contributed by atoms with E-state index in [4.69, 9.17) is 23.7 Å². The van der Waals surface area contributed by atoms with Gasteiger partial charge in [0.05, 0.1) is 26.4 Å². The average molecular weight is 509 g/mol. The summed E-state index contributed by atoms with van der Waals surface area (Å²) in [4.78, 5) is 41.7. The molecule has 10 heteroatoms. The number of hydrogen-bond acceptors (Lipinski definition) is 9. The Balaban J connectivity index is 2.23. The molecule has 1 fully saturated rings. The van der Waals surface area contributed by atoms with E-state index in [1.54, 1.807) is 6.92 Å². The van der Waals surface area contributed by atoms with Crippen LogP contribution in [-0.2, 0) is 23.8 Å². The zero-order chi connectivity index (χ0) is 26.8. The molecule has 1 amide bonds. The maximum Gasteiger partial charge on any atom is 0.331 e. The van der Waals surface area contributed by atoms with Crippen molar-refractivity contribution in [3.63, 3.8) is 0 Å². The summed E-state index contributed by atoms with van der Waals surface area (Å²) in [6.07, 6.45) is 2.31. The van der Waals surface area contributed by atoms with E-state index in [0.29, 0.717) is 25.0 Å². The first-order valence-corrected chi connectivity index (χ1v) is 12.5. The lowest BCUT2D eigenvalue weighted by molar-refractivity contribution is -0.161. The van der Waals surface area contributed by atoms with Gasteiger partial charge in [-0.2, -0.15) is 0 Å². The van der Waals surface area contributed by atoms with Crippen molar-refractivity contribution >= 4 is 17.8 Å². The van der Waals surface area contributed by atoms with Crippen LogP contribution in [0.2, 0.25) is 0 Å². The van der Waals surface area contributed by atoms with Gasteiger partial charge >= 0.3 is 11.9 Å². The molecule has 1 saturated heterocycles. The van der Waals surface area contributed by atoms with Crippen LogP contribution in [0.15, 0.2) is 12.3 Å². The Bertz CT molecular complexity index is 889. The summed E-state index contributed by atoms with van der Waals surface area (Å²) >= 11 is 0. The monoisotopic (exact) mass is 508 g/mol. The number of amides is 1. The maximum absolute atomic E-state index is 13.1. The van der Waals surface area contributed by atoms with Gasteiger partial charge < -0.3 is 29.0 Å². The molecule has 0 spiro atoms. The van der Waals surface area contributed by atoms with Gasteiger partial charge in [0.25, 0.3) is 5.91 Å². The van der Waals surface area contributed by atoms with Crippen molar-refractivity contribution in [3.05, 3.63) is 18.0 Å². The lowest BCUT2D eigenvalue weighted by Crippen LogP contribution is -2.46. The third kappa shape index (κ3) is 8.74. The van der Waals surface area contributed by atoms with Gasteiger partial charge in [-0.1, -0.05) is 34.1 Å². The fourth-order valence-electron chi connectivity index (χ4n) is 3.91.